The van der Waals surface area contributed by atoms with Crippen LogP contribution in [0.1, 0.15) is 11.1 Å². The molecule has 3 aromatic rings. The lowest BCUT2D eigenvalue weighted by molar-refractivity contribution is -0.122. The molecule has 3 aromatic carbocycles. The van der Waals surface area contributed by atoms with Gasteiger partial charge >= 0.3 is 0 Å². The number of carbonyl (C=O) groups excluding carboxylic acids is 1. The van der Waals surface area contributed by atoms with Crippen LogP contribution >= 0.6 is 22.6 Å². The molecule has 0 radical (unpaired) electrons. The molecule has 0 aliphatic rings. The number of benzene rings is 3. The van der Waals surface area contributed by atoms with Gasteiger partial charge in [-0.1, -0.05) is 60.7 Å². The number of rotatable bonds is 8. The fourth-order valence-corrected chi connectivity index (χ4v) is 4.37. The first-order valence-electron chi connectivity index (χ1n) is 9.07. The fraction of sp³-hybridized carbons (Fsp3) is 0.136. The van der Waals surface area contributed by atoms with Crippen LogP contribution in [-0.4, -0.2) is 20.4 Å². The highest BCUT2D eigenvalue weighted by atomic mass is 127. The Morgan fingerprint density at radius 3 is 1.97 bits per heavy atom. The van der Waals surface area contributed by atoms with Gasteiger partial charge in [0, 0.05) is 10.1 Å². The maximum absolute atomic E-state index is 12.8. The summed E-state index contributed by atoms with van der Waals surface area (Å²) in [4.78, 5) is 13.0. The Bertz CT molecular complexity index is 1040. The van der Waals surface area contributed by atoms with Crippen LogP contribution in [-0.2, 0) is 27.8 Å². The van der Waals surface area contributed by atoms with Gasteiger partial charge in [-0.2, -0.15) is 4.72 Å². The minimum Gasteiger partial charge on any atom is -0.351 e. The average molecular weight is 520 g/mol. The van der Waals surface area contributed by atoms with Crippen LogP contribution in [0.25, 0.3) is 0 Å². The van der Waals surface area contributed by atoms with E-state index in [0.29, 0.717) is 6.54 Å². The summed E-state index contributed by atoms with van der Waals surface area (Å²) in [5.41, 5.74) is 1.82. The molecular formula is C22H21IN2O3S. The highest BCUT2D eigenvalue weighted by Gasteiger charge is 2.26. The van der Waals surface area contributed by atoms with E-state index in [0.717, 1.165) is 14.7 Å². The first kappa shape index (κ1) is 21.5. The summed E-state index contributed by atoms with van der Waals surface area (Å²) < 4.78 is 29.2. The van der Waals surface area contributed by atoms with E-state index >= 15 is 0 Å². The van der Waals surface area contributed by atoms with Gasteiger partial charge in [-0.05, 0) is 64.4 Å². The van der Waals surface area contributed by atoms with Gasteiger partial charge in [0.05, 0.1) is 4.90 Å². The number of hydrogen-bond acceptors (Lipinski definition) is 3. The second kappa shape index (κ2) is 10.00. The van der Waals surface area contributed by atoms with Crippen LogP contribution in [0.2, 0.25) is 0 Å². The Balaban J connectivity index is 1.78. The van der Waals surface area contributed by atoms with E-state index in [-0.39, 0.29) is 17.2 Å². The summed E-state index contributed by atoms with van der Waals surface area (Å²) >= 11 is 2.11. The van der Waals surface area contributed by atoms with Crippen molar-refractivity contribution in [2.75, 3.05) is 0 Å². The van der Waals surface area contributed by atoms with E-state index in [1.165, 1.54) is 12.1 Å². The molecule has 0 spiro atoms. The first-order valence-corrected chi connectivity index (χ1v) is 11.6. The number of carbonyl (C=O) groups is 1. The maximum atomic E-state index is 12.8. The third kappa shape index (κ3) is 6.38. The SMILES string of the molecule is O=C(NCc1ccccc1)[C@H](Cc1ccccc1)NS(=O)(=O)c1ccc(I)cc1. The van der Waals surface area contributed by atoms with E-state index < -0.39 is 16.1 Å². The van der Waals surface area contributed by atoms with Crippen LogP contribution in [0.5, 0.6) is 0 Å². The Morgan fingerprint density at radius 1 is 0.828 bits per heavy atom. The summed E-state index contributed by atoms with van der Waals surface area (Å²) in [6.45, 7) is 0.330. The number of sulfonamides is 1. The van der Waals surface area contributed by atoms with Crippen molar-refractivity contribution >= 4 is 38.5 Å². The number of amides is 1. The predicted octanol–water partition coefficient (Wildman–Crippen LogP) is 3.50. The Morgan fingerprint density at radius 2 is 1.38 bits per heavy atom. The molecule has 2 N–H and O–H groups in total. The van der Waals surface area contributed by atoms with E-state index in [1.54, 1.807) is 12.1 Å². The molecule has 0 aliphatic carbocycles. The molecule has 0 unspecified atom stereocenters. The quantitative estimate of drug-likeness (QED) is 0.447. The van der Waals surface area contributed by atoms with Crippen LogP contribution in [0.3, 0.4) is 0 Å². The standard InChI is InChI=1S/C22H21IN2O3S/c23-19-11-13-20(14-12-19)29(27,28)25-21(15-17-7-3-1-4-8-17)22(26)24-16-18-9-5-2-6-10-18/h1-14,21,25H,15-16H2,(H,24,26)/t21-/m0/s1. The van der Waals surface area contributed by atoms with Gasteiger partial charge < -0.3 is 5.32 Å². The van der Waals surface area contributed by atoms with Crippen molar-refractivity contribution in [3.8, 4) is 0 Å². The van der Waals surface area contributed by atoms with Gasteiger partial charge in [0.15, 0.2) is 0 Å². The molecule has 0 bridgehead atoms. The summed E-state index contributed by atoms with van der Waals surface area (Å²) in [5.74, 6) is -0.369. The molecule has 0 saturated heterocycles. The molecule has 0 saturated carbocycles. The normalized spacial score (nSPS) is 12.3. The smallest absolute Gasteiger partial charge is 0.241 e. The zero-order chi connectivity index (χ0) is 20.7. The molecule has 0 heterocycles. The van der Waals surface area contributed by atoms with Crippen molar-refractivity contribution in [2.24, 2.45) is 0 Å². The zero-order valence-corrected chi connectivity index (χ0v) is 18.6. The largest absolute Gasteiger partial charge is 0.351 e. The third-order valence-corrected chi connectivity index (χ3v) is 6.54. The van der Waals surface area contributed by atoms with E-state index in [9.17, 15) is 13.2 Å². The van der Waals surface area contributed by atoms with E-state index in [2.05, 4.69) is 32.6 Å². The summed E-state index contributed by atoms with van der Waals surface area (Å²) in [5, 5.41) is 2.84. The minimum atomic E-state index is -3.84. The monoisotopic (exact) mass is 520 g/mol. The lowest BCUT2D eigenvalue weighted by atomic mass is 10.1. The predicted molar refractivity (Wildman–Crippen MR) is 122 cm³/mol. The highest BCUT2D eigenvalue weighted by Crippen LogP contribution is 2.14. The zero-order valence-electron chi connectivity index (χ0n) is 15.6. The lowest BCUT2D eigenvalue weighted by Crippen LogP contribution is -2.47. The van der Waals surface area contributed by atoms with Gasteiger partial charge in [-0.25, -0.2) is 8.42 Å². The van der Waals surface area contributed by atoms with Gasteiger partial charge in [0.2, 0.25) is 15.9 Å². The van der Waals surface area contributed by atoms with Crippen LogP contribution < -0.4 is 10.0 Å². The van der Waals surface area contributed by atoms with Crippen LogP contribution in [0.15, 0.2) is 89.8 Å². The van der Waals surface area contributed by atoms with Gasteiger partial charge in [-0.3, -0.25) is 4.79 Å². The average Bonchev–Trinajstić information content (AvgIpc) is 2.73. The van der Waals surface area contributed by atoms with Gasteiger partial charge in [0.1, 0.15) is 6.04 Å². The molecule has 7 heteroatoms. The Hall–Kier alpha value is -2.23. The molecule has 0 aromatic heterocycles. The first-order chi connectivity index (χ1) is 13.9. The number of halogens is 1. The highest BCUT2D eigenvalue weighted by molar-refractivity contribution is 14.1. The van der Waals surface area contributed by atoms with Gasteiger partial charge in [0.25, 0.3) is 0 Å². The van der Waals surface area contributed by atoms with Crippen molar-refractivity contribution in [1.29, 1.82) is 0 Å². The summed E-state index contributed by atoms with van der Waals surface area (Å²) in [6, 6.07) is 24.4. The van der Waals surface area contributed by atoms with Gasteiger partial charge in [-0.15, -0.1) is 0 Å². The molecule has 1 amide bonds. The minimum absolute atomic E-state index is 0.131. The topological polar surface area (TPSA) is 75.3 Å². The molecule has 0 fully saturated rings. The Labute approximate surface area is 184 Å². The molecule has 5 nitrogen and oxygen atoms in total. The van der Waals surface area contributed by atoms with Crippen molar-refractivity contribution in [3.63, 3.8) is 0 Å². The van der Waals surface area contributed by atoms with Crippen molar-refractivity contribution < 1.29 is 13.2 Å². The second-order valence-corrected chi connectivity index (χ2v) is 9.48. The molecule has 0 aliphatic heterocycles. The number of nitrogens with one attached hydrogen (secondary N) is 2. The molecule has 1 atom stereocenters. The maximum Gasteiger partial charge on any atom is 0.241 e. The lowest BCUT2D eigenvalue weighted by Gasteiger charge is -2.19. The molecule has 3 rings (SSSR count). The second-order valence-electron chi connectivity index (χ2n) is 6.52. The molecule has 150 valence electrons. The summed E-state index contributed by atoms with van der Waals surface area (Å²) in [7, 11) is -3.84. The summed E-state index contributed by atoms with van der Waals surface area (Å²) in [6.07, 6.45) is 0.255. The number of hydrogen-bond donors (Lipinski definition) is 2. The van der Waals surface area contributed by atoms with Crippen molar-refractivity contribution in [3.05, 3.63) is 99.6 Å². The molecular weight excluding hydrogens is 499 g/mol. The Kier molecular flexibility index (Phi) is 7.40. The molecule has 29 heavy (non-hydrogen) atoms. The van der Waals surface area contributed by atoms with Crippen LogP contribution in [0, 0.1) is 3.57 Å². The van der Waals surface area contributed by atoms with E-state index in [4.69, 9.17) is 0 Å². The third-order valence-electron chi connectivity index (χ3n) is 4.33. The fourth-order valence-electron chi connectivity index (χ4n) is 2.81. The van der Waals surface area contributed by atoms with E-state index in [1.807, 2.05) is 60.7 Å². The van der Waals surface area contributed by atoms with Crippen molar-refractivity contribution in [2.45, 2.75) is 23.9 Å². The van der Waals surface area contributed by atoms with Crippen molar-refractivity contribution in [1.82, 2.24) is 10.0 Å². The van der Waals surface area contributed by atoms with Crippen LogP contribution in [0.4, 0.5) is 0 Å².